The average molecular weight is 311 g/mol. The molecule has 5 heteroatoms. The molecule has 4 nitrogen and oxygen atoms in total. The van der Waals surface area contributed by atoms with Crippen molar-refractivity contribution in [3.05, 3.63) is 48.0 Å². The smallest absolute Gasteiger partial charge is 0.236 e. The number of hydrogen-bond donors (Lipinski definition) is 1. The van der Waals surface area contributed by atoms with E-state index in [1.54, 1.807) is 18.0 Å². The first-order chi connectivity index (χ1) is 10.7. The number of nitrogens with zero attached hydrogens (tertiary/aromatic N) is 2. The van der Waals surface area contributed by atoms with Gasteiger partial charge in [-0.1, -0.05) is 30.0 Å². The van der Waals surface area contributed by atoms with Gasteiger partial charge in [-0.3, -0.25) is 4.79 Å². The van der Waals surface area contributed by atoms with Gasteiger partial charge in [-0.25, -0.2) is 5.43 Å². The van der Waals surface area contributed by atoms with Crippen molar-refractivity contribution in [1.82, 2.24) is 5.43 Å². The van der Waals surface area contributed by atoms with Crippen LogP contribution in [0, 0.1) is 0 Å². The van der Waals surface area contributed by atoms with Crippen molar-refractivity contribution in [3.8, 4) is 0 Å². The Balaban J connectivity index is 1.94. The molecule has 112 valence electrons. The molecule has 1 N–H and O–H groups in total. The number of carbonyl (C=O) groups excluding carboxylic acids is 1. The predicted octanol–water partition coefficient (Wildman–Crippen LogP) is 3.78. The van der Waals surface area contributed by atoms with Gasteiger partial charge in [0, 0.05) is 23.3 Å². The van der Waals surface area contributed by atoms with Gasteiger partial charge in [-0.05, 0) is 36.8 Å². The lowest BCUT2D eigenvalue weighted by atomic mass is 10.1. The van der Waals surface area contributed by atoms with E-state index in [0.717, 1.165) is 12.1 Å². The highest BCUT2D eigenvalue weighted by molar-refractivity contribution is 7.99. The van der Waals surface area contributed by atoms with Crippen molar-refractivity contribution >= 4 is 35.3 Å². The summed E-state index contributed by atoms with van der Waals surface area (Å²) in [6.45, 7) is 4.52. The third-order valence-electron chi connectivity index (χ3n) is 3.40. The average Bonchev–Trinajstić information content (AvgIpc) is 2.52. The van der Waals surface area contributed by atoms with Gasteiger partial charge in [0.25, 0.3) is 0 Å². The van der Waals surface area contributed by atoms with Gasteiger partial charge in [0.15, 0.2) is 0 Å². The zero-order valence-electron chi connectivity index (χ0n) is 12.5. The maximum atomic E-state index is 10.9. The first-order valence-corrected chi connectivity index (χ1v) is 7.99. The lowest BCUT2D eigenvalue weighted by Gasteiger charge is -2.31. The number of fused-ring (bicyclic) bond motifs is 2. The summed E-state index contributed by atoms with van der Waals surface area (Å²) in [6.07, 6.45) is 1.67. The number of para-hydroxylation sites is 1. The standard InChI is InChI=1S/C17H17N3OS/c1-3-20-14-6-4-5-7-16(14)22-17-10-13(8-9-15(17)20)11-18-19-12(2)21/h4-11H,3H2,1-2H3,(H,19,21). The van der Waals surface area contributed by atoms with Crippen molar-refractivity contribution in [2.45, 2.75) is 23.6 Å². The summed E-state index contributed by atoms with van der Waals surface area (Å²) in [7, 11) is 0. The van der Waals surface area contributed by atoms with Crippen LogP contribution in [0.2, 0.25) is 0 Å². The highest BCUT2D eigenvalue weighted by Gasteiger charge is 2.21. The van der Waals surface area contributed by atoms with Crippen LogP contribution in [-0.2, 0) is 4.79 Å². The fourth-order valence-corrected chi connectivity index (χ4v) is 3.61. The summed E-state index contributed by atoms with van der Waals surface area (Å²) in [5, 5.41) is 3.93. The van der Waals surface area contributed by atoms with Gasteiger partial charge >= 0.3 is 0 Å². The molecule has 1 heterocycles. The van der Waals surface area contributed by atoms with Gasteiger partial charge in [0.2, 0.25) is 5.91 Å². The fraction of sp³-hybridized carbons (Fsp3) is 0.176. The molecule has 0 fully saturated rings. The molecule has 1 aliphatic heterocycles. The lowest BCUT2D eigenvalue weighted by molar-refractivity contribution is -0.118. The second-order valence-electron chi connectivity index (χ2n) is 4.97. The second kappa shape index (κ2) is 6.23. The highest BCUT2D eigenvalue weighted by atomic mass is 32.2. The molecule has 2 aromatic rings. The van der Waals surface area contributed by atoms with Crippen molar-refractivity contribution in [2.24, 2.45) is 5.10 Å². The van der Waals surface area contributed by atoms with Crippen LogP contribution < -0.4 is 10.3 Å². The molecule has 2 aromatic carbocycles. The molecule has 0 saturated heterocycles. The lowest BCUT2D eigenvalue weighted by Crippen LogP contribution is -2.20. The number of hydrazone groups is 1. The van der Waals surface area contributed by atoms with Gasteiger partial charge in [0.05, 0.1) is 17.6 Å². The minimum Gasteiger partial charge on any atom is -0.340 e. The van der Waals surface area contributed by atoms with E-state index in [1.165, 1.54) is 28.1 Å². The van der Waals surface area contributed by atoms with Gasteiger partial charge in [0.1, 0.15) is 0 Å². The molecule has 1 aliphatic rings. The summed E-state index contributed by atoms with van der Waals surface area (Å²) in [6, 6.07) is 14.7. The molecule has 22 heavy (non-hydrogen) atoms. The van der Waals surface area contributed by atoms with Crippen molar-refractivity contribution < 1.29 is 4.79 Å². The zero-order valence-corrected chi connectivity index (χ0v) is 13.4. The summed E-state index contributed by atoms with van der Waals surface area (Å²) in [5.74, 6) is -0.172. The van der Waals surface area contributed by atoms with Crippen LogP contribution >= 0.6 is 11.8 Å². The van der Waals surface area contributed by atoms with Gasteiger partial charge in [-0.2, -0.15) is 5.10 Å². The predicted molar refractivity (Wildman–Crippen MR) is 91.1 cm³/mol. The quantitative estimate of drug-likeness (QED) is 0.693. The van der Waals surface area contributed by atoms with Crippen molar-refractivity contribution in [3.63, 3.8) is 0 Å². The summed E-state index contributed by atoms with van der Waals surface area (Å²) < 4.78 is 0. The molecule has 3 rings (SSSR count). The summed E-state index contributed by atoms with van der Waals surface area (Å²) in [4.78, 5) is 15.6. The minimum absolute atomic E-state index is 0.172. The number of hydrogen-bond acceptors (Lipinski definition) is 4. The van der Waals surface area contributed by atoms with Crippen LogP contribution in [0.4, 0.5) is 11.4 Å². The monoisotopic (exact) mass is 311 g/mol. The van der Waals surface area contributed by atoms with Crippen LogP contribution in [0.1, 0.15) is 19.4 Å². The fourth-order valence-electron chi connectivity index (χ4n) is 2.47. The van der Waals surface area contributed by atoms with Crippen LogP contribution in [0.5, 0.6) is 0 Å². The number of amides is 1. The molecule has 0 aliphatic carbocycles. The van der Waals surface area contributed by atoms with Crippen LogP contribution in [-0.4, -0.2) is 18.7 Å². The van der Waals surface area contributed by atoms with E-state index in [2.05, 4.69) is 58.7 Å². The Hall–Kier alpha value is -2.27. The molecule has 0 unspecified atom stereocenters. The normalized spacial score (nSPS) is 12.9. The van der Waals surface area contributed by atoms with Gasteiger partial charge < -0.3 is 4.90 Å². The Labute approximate surface area is 134 Å². The molecular weight excluding hydrogens is 294 g/mol. The van der Waals surface area contributed by atoms with Crippen LogP contribution in [0.3, 0.4) is 0 Å². The Kier molecular flexibility index (Phi) is 4.15. The molecule has 0 bridgehead atoms. The second-order valence-corrected chi connectivity index (χ2v) is 6.05. The molecule has 0 spiro atoms. The van der Waals surface area contributed by atoms with E-state index in [-0.39, 0.29) is 5.91 Å². The Morgan fingerprint density at radius 1 is 1.23 bits per heavy atom. The third kappa shape index (κ3) is 2.85. The Bertz CT molecular complexity index is 742. The number of carbonyl (C=O) groups is 1. The molecular formula is C17H17N3OS. The molecule has 0 atom stereocenters. The number of anilines is 2. The zero-order chi connectivity index (χ0) is 15.5. The third-order valence-corrected chi connectivity index (χ3v) is 4.51. The van der Waals surface area contributed by atoms with E-state index in [9.17, 15) is 4.79 Å². The Morgan fingerprint density at radius 3 is 2.77 bits per heavy atom. The van der Waals surface area contributed by atoms with Crippen LogP contribution in [0.25, 0.3) is 0 Å². The van der Waals surface area contributed by atoms with E-state index >= 15 is 0 Å². The minimum atomic E-state index is -0.172. The summed E-state index contributed by atoms with van der Waals surface area (Å²) in [5.41, 5.74) is 5.85. The van der Waals surface area contributed by atoms with Crippen LogP contribution in [0.15, 0.2) is 57.4 Å². The molecule has 0 aromatic heterocycles. The van der Waals surface area contributed by atoms with E-state index in [1.807, 2.05) is 6.07 Å². The number of nitrogens with one attached hydrogen (secondary N) is 1. The highest BCUT2D eigenvalue weighted by Crippen LogP contribution is 2.47. The maximum Gasteiger partial charge on any atom is 0.236 e. The first-order valence-electron chi connectivity index (χ1n) is 7.17. The van der Waals surface area contributed by atoms with Crippen molar-refractivity contribution in [1.29, 1.82) is 0 Å². The number of rotatable bonds is 3. The summed E-state index contributed by atoms with van der Waals surface area (Å²) >= 11 is 1.76. The maximum absolute atomic E-state index is 10.9. The van der Waals surface area contributed by atoms with E-state index < -0.39 is 0 Å². The number of benzene rings is 2. The van der Waals surface area contributed by atoms with E-state index in [4.69, 9.17) is 0 Å². The van der Waals surface area contributed by atoms with Gasteiger partial charge in [-0.15, -0.1) is 0 Å². The van der Waals surface area contributed by atoms with E-state index in [0.29, 0.717) is 0 Å². The molecule has 0 radical (unpaired) electrons. The SMILES string of the molecule is CCN1c2ccccc2Sc2cc(C=NNC(C)=O)ccc21. The first kappa shape index (κ1) is 14.7. The molecule has 1 amide bonds. The topological polar surface area (TPSA) is 44.7 Å². The molecule has 0 saturated carbocycles. The Morgan fingerprint density at radius 2 is 2.00 bits per heavy atom. The largest absolute Gasteiger partial charge is 0.340 e. The van der Waals surface area contributed by atoms with Crippen molar-refractivity contribution in [2.75, 3.05) is 11.4 Å².